The summed E-state index contributed by atoms with van der Waals surface area (Å²) in [5.74, 6) is 1.31. The molecule has 1 fully saturated rings. The summed E-state index contributed by atoms with van der Waals surface area (Å²) in [6.07, 6.45) is 5.71. The number of aliphatic hydroxyl groups is 1. The average Bonchev–Trinajstić information content (AvgIpc) is 2.97. The summed E-state index contributed by atoms with van der Waals surface area (Å²) in [4.78, 5) is 15.1. The average molecular weight is 381 g/mol. The van der Waals surface area contributed by atoms with Crippen LogP contribution in [0, 0.1) is 5.92 Å². The number of hydrogen-bond donors (Lipinski definition) is 1. The minimum absolute atomic E-state index is 0.0594. The molecule has 3 aliphatic rings. The fourth-order valence-corrected chi connectivity index (χ4v) is 4.48. The molecule has 0 spiro atoms. The van der Waals surface area contributed by atoms with E-state index in [2.05, 4.69) is 5.10 Å². The molecule has 28 heavy (non-hydrogen) atoms. The lowest BCUT2D eigenvalue weighted by Gasteiger charge is -2.29. The van der Waals surface area contributed by atoms with Crippen molar-refractivity contribution in [1.82, 2.24) is 14.7 Å². The van der Waals surface area contributed by atoms with E-state index in [9.17, 15) is 9.90 Å². The van der Waals surface area contributed by atoms with Crippen LogP contribution in [-0.2, 0) is 19.5 Å². The minimum atomic E-state index is -0.474. The monoisotopic (exact) mass is 381 g/mol. The van der Waals surface area contributed by atoms with Crippen molar-refractivity contribution in [2.24, 2.45) is 5.92 Å². The Hall–Kier alpha value is -2.34. The molecular formula is C22H27N3O3. The number of aliphatic hydroxyl groups excluding tert-OH is 1. The second kappa shape index (κ2) is 7.24. The summed E-state index contributed by atoms with van der Waals surface area (Å²) < 4.78 is 7.65. The zero-order valence-corrected chi connectivity index (χ0v) is 16.1. The number of aryl methyl sites for hydroxylation is 2. The highest BCUT2D eigenvalue weighted by atomic mass is 16.5. The van der Waals surface area contributed by atoms with E-state index in [4.69, 9.17) is 4.74 Å². The topological polar surface area (TPSA) is 67.6 Å². The van der Waals surface area contributed by atoms with E-state index < -0.39 is 6.10 Å². The first-order valence-corrected chi connectivity index (χ1v) is 10.5. The Morgan fingerprint density at radius 1 is 1.18 bits per heavy atom. The minimum Gasteiger partial charge on any atom is -0.493 e. The lowest BCUT2D eigenvalue weighted by atomic mass is 9.80. The number of nitrogens with zero attached hydrogens (tertiary/aromatic N) is 3. The second-order valence-electron chi connectivity index (χ2n) is 8.27. The van der Waals surface area contributed by atoms with Crippen LogP contribution in [0.3, 0.4) is 0 Å². The van der Waals surface area contributed by atoms with E-state index in [0.29, 0.717) is 12.5 Å². The van der Waals surface area contributed by atoms with Crippen molar-refractivity contribution >= 4 is 5.91 Å². The molecule has 1 atom stereocenters. The van der Waals surface area contributed by atoms with Crippen LogP contribution >= 0.6 is 0 Å². The third kappa shape index (κ3) is 3.20. The van der Waals surface area contributed by atoms with Crippen molar-refractivity contribution in [1.29, 1.82) is 0 Å². The largest absolute Gasteiger partial charge is 0.493 e. The van der Waals surface area contributed by atoms with Gasteiger partial charge in [0.15, 0.2) is 0 Å². The summed E-state index contributed by atoms with van der Waals surface area (Å²) in [7, 11) is 0. The number of ether oxygens (including phenoxy) is 1. The fraction of sp³-hybridized carbons (Fsp3) is 0.545. The molecule has 1 aromatic heterocycles. The Labute approximate surface area is 165 Å². The van der Waals surface area contributed by atoms with Gasteiger partial charge in [-0.15, -0.1) is 0 Å². The maximum absolute atomic E-state index is 13.2. The Morgan fingerprint density at radius 3 is 2.89 bits per heavy atom. The van der Waals surface area contributed by atoms with E-state index in [1.807, 2.05) is 33.8 Å². The molecule has 6 heteroatoms. The lowest BCUT2D eigenvalue weighted by Crippen LogP contribution is -2.31. The van der Waals surface area contributed by atoms with Crippen molar-refractivity contribution in [2.75, 3.05) is 13.2 Å². The Balaban J connectivity index is 1.35. The van der Waals surface area contributed by atoms with Crippen molar-refractivity contribution in [3.63, 3.8) is 0 Å². The first-order chi connectivity index (χ1) is 13.7. The smallest absolute Gasteiger partial charge is 0.254 e. The molecule has 3 heterocycles. The summed E-state index contributed by atoms with van der Waals surface area (Å²) >= 11 is 0. The second-order valence-corrected chi connectivity index (χ2v) is 8.27. The highest BCUT2D eigenvalue weighted by molar-refractivity contribution is 5.94. The molecule has 148 valence electrons. The van der Waals surface area contributed by atoms with Gasteiger partial charge >= 0.3 is 0 Å². The molecule has 1 amide bonds. The fourth-order valence-electron chi connectivity index (χ4n) is 4.48. The standard InChI is InChI=1S/C22H27N3O3/c26-21(15-4-1-5-15)19-13-18-14-24(9-3-10-25(18)23-19)22(27)17-7-8-20-16(12-17)6-2-11-28-20/h7-8,12-13,15,21,26H,1-6,9-11,14H2. The number of carbonyl (C=O) groups excluding carboxylic acids is 1. The predicted octanol–water partition coefficient (Wildman–Crippen LogP) is 3.09. The first kappa shape index (κ1) is 17.7. The van der Waals surface area contributed by atoms with Crippen molar-refractivity contribution in [2.45, 2.75) is 57.7 Å². The van der Waals surface area contributed by atoms with Gasteiger partial charge in [-0.25, -0.2) is 0 Å². The normalized spacial score (nSPS) is 20.4. The van der Waals surface area contributed by atoms with Gasteiger partial charge in [-0.1, -0.05) is 6.42 Å². The maximum atomic E-state index is 13.2. The molecule has 0 radical (unpaired) electrons. The number of aromatic nitrogens is 2. The van der Waals surface area contributed by atoms with E-state index in [0.717, 1.165) is 80.1 Å². The van der Waals surface area contributed by atoms with Gasteiger partial charge in [0, 0.05) is 18.7 Å². The van der Waals surface area contributed by atoms with Gasteiger partial charge in [0.05, 0.1) is 24.5 Å². The number of hydrogen-bond acceptors (Lipinski definition) is 4. The quantitative estimate of drug-likeness (QED) is 0.887. The SMILES string of the molecule is O=C(c1ccc2c(c1)CCCO2)N1CCCn2nc(C(O)C3CCC3)cc2C1. The molecule has 5 rings (SSSR count). The molecule has 1 saturated carbocycles. The zero-order chi connectivity index (χ0) is 19.1. The van der Waals surface area contributed by atoms with Crippen molar-refractivity contribution in [3.8, 4) is 5.75 Å². The Bertz CT molecular complexity index is 887. The molecular weight excluding hydrogens is 354 g/mol. The summed E-state index contributed by atoms with van der Waals surface area (Å²) in [6, 6.07) is 7.79. The molecule has 1 unspecified atom stereocenters. The zero-order valence-electron chi connectivity index (χ0n) is 16.1. The van der Waals surface area contributed by atoms with Crippen LogP contribution < -0.4 is 4.74 Å². The predicted molar refractivity (Wildman–Crippen MR) is 104 cm³/mol. The van der Waals surface area contributed by atoms with Crippen LogP contribution in [-0.4, -0.2) is 38.8 Å². The highest BCUT2D eigenvalue weighted by Gasteiger charge is 2.30. The van der Waals surface area contributed by atoms with E-state index >= 15 is 0 Å². The van der Waals surface area contributed by atoms with E-state index in [-0.39, 0.29) is 5.91 Å². The summed E-state index contributed by atoms with van der Waals surface area (Å²) in [6.45, 7) is 2.80. The van der Waals surface area contributed by atoms with Crippen LogP contribution in [0.5, 0.6) is 5.75 Å². The molecule has 0 saturated heterocycles. The summed E-state index contributed by atoms with van der Waals surface area (Å²) in [5.41, 5.74) is 3.63. The Kier molecular flexibility index (Phi) is 4.59. The Morgan fingerprint density at radius 2 is 2.07 bits per heavy atom. The van der Waals surface area contributed by atoms with Gasteiger partial charge in [-0.05, 0) is 67.9 Å². The third-order valence-corrected chi connectivity index (χ3v) is 6.38. The first-order valence-electron chi connectivity index (χ1n) is 10.5. The van der Waals surface area contributed by atoms with Gasteiger partial charge in [-0.2, -0.15) is 5.10 Å². The maximum Gasteiger partial charge on any atom is 0.254 e. The molecule has 1 aromatic carbocycles. The molecule has 6 nitrogen and oxygen atoms in total. The number of amides is 1. The van der Waals surface area contributed by atoms with E-state index in [1.165, 1.54) is 6.42 Å². The van der Waals surface area contributed by atoms with Crippen LogP contribution in [0.4, 0.5) is 0 Å². The molecule has 2 aliphatic heterocycles. The number of rotatable bonds is 3. The molecule has 1 N–H and O–H groups in total. The number of benzene rings is 1. The van der Waals surface area contributed by atoms with Gasteiger partial charge in [0.1, 0.15) is 11.9 Å². The van der Waals surface area contributed by atoms with Gasteiger partial charge < -0.3 is 14.7 Å². The van der Waals surface area contributed by atoms with Crippen LogP contribution in [0.15, 0.2) is 24.3 Å². The van der Waals surface area contributed by atoms with Crippen molar-refractivity contribution < 1.29 is 14.6 Å². The summed E-state index contributed by atoms with van der Waals surface area (Å²) in [5, 5.41) is 15.2. The van der Waals surface area contributed by atoms with Crippen LogP contribution in [0.1, 0.15) is 65.5 Å². The van der Waals surface area contributed by atoms with Gasteiger partial charge in [-0.3, -0.25) is 9.48 Å². The third-order valence-electron chi connectivity index (χ3n) is 6.38. The van der Waals surface area contributed by atoms with Crippen LogP contribution in [0.2, 0.25) is 0 Å². The van der Waals surface area contributed by atoms with E-state index in [1.54, 1.807) is 0 Å². The number of carbonyl (C=O) groups is 1. The highest BCUT2D eigenvalue weighted by Crippen LogP contribution is 2.37. The van der Waals surface area contributed by atoms with Crippen molar-refractivity contribution in [3.05, 3.63) is 46.8 Å². The molecule has 2 aromatic rings. The van der Waals surface area contributed by atoms with Gasteiger partial charge in [0.25, 0.3) is 5.91 Å². The number of fused-ring (bicyclic) bond motifs is 2. The lowest BCUT2D eigenvalue weighted by molar-refractivity contribution is 0.0580. The molecule has 1 aliphatic carbocycles. The molecule has 0 bridgehead atoms. The van der Waals surface area contributed by atoms with Gasteiger partial charge in [0.2, 0.25) is 0 Å². The van der Waals surface area contributed by atoms with Crippen LogP contribution in [0.25, 0.3) is 0 Å².